The van der Waals surface area contributed by atoms with Gasteiger partial charge >= 0.3 is 23.9 Å². The van der Waals surface area contributed by atoms with Gasteiger partial charge in [0.2, 0.25) is 0 Å². The van der Waals surface area contributed by atoms with Crippen molar-refractivity contribution in [2.75, 3.05) is 52.4 Å². The molecular formula is C30H36N6O10. The van der Waals surface area contributed by atoms with Crippen LogP contribution in [-0.2, 0) is 27.3 Å². The van der Waals surface area contributed by atoms with Crippen molar-refractivity contribution < 1.29 is 44.5 Å². The van der Waals surface area contributed by atoms with Gasteiger partial charge in [-0.25, -0.2) is 14.6 Å². The third kappa shape index (κ3) is 12.1. The van der Waals surface area contributed by atoms with Crippen LogP contribution in [0.4, 0.5) is 5.69 Å². The van der Waals surface area contributed by atoms with Gasteiger partial charge < -0.3 is 30.6 Å². The maximum Gasteiger partial charge on any atom is 0.354 e. The number of nitro groups is 1. The number of aliphatic carboxylic acids is 3. The number of aromatic nitrogens is 1. The number of rotatable bonds is 20. The van der Waals surface area contributed by atoms with E-state index in [1.54, 1.807) is 40.2 Å². The van der Waals surface area contributed by atoms with Gasteiger partial charge in [-0.2, -0.15) is 0 Å². The zero-order valence-electron chi connectivity index (χ0n) is 24.9. The molecule has 16 nitrogen and oxygen atoms in total. The first kappa shape index (κ1) is 35.3. The normalized spacial score (nSPS) is 14.2. The lowest BCUT2D eigenvalue weighted by atomic mass is 10.1. The number of carboxylic acid groups (broad SMARTS) is 4. The van der Waals surface area contributed by atoms with E-state index in [9.17, 15) is 49.7 Å². The number of nitrogens with zero attached hydrogens (tertiary/aromatic N) is 5. The molecule has 0 saturated heterocycles. The summed E-state index contributed by atoms with van der Waals surface area (Å²) in [5, 5.41) is 51.6. The molecule has 0 saturated carbocycles. The smallest absolute Gasteiger partial charge is 0.354 e. The van der Waals surface area contributed by atoms with Crippen LogP contribution in [-0.4, -0.2) is 127 Å². The molecule has 0 radical (unpaired) electrons. The quantitative estimate of drug-likeness (QED) is 0.100. The summed E-state index contributed by atoms with van der Waals surface area (Å²) in [7, 11) is 0. The number of carbonyl (C=O) groups is 4. The summed E-state index contributed by atoms with van der Waals surface area (Å²) < 4.78 is 0. The van der Waals surface area contributed by atoms with Crippen molar-refractivity contribution in [2.45, 2.75) is 19.0 Å². The molecule has 2 heterocycles. The van der Waals surface area contributed by atoms with Gasteiger partial charge in [-0.1, -0.05) is 30.4 Å². The minimum Gasteiger partial charge on any atom is -0.480 e. The van der Waals surface area contributed by atoms with Gasteiger partial charge in [-0.05, 0) is 30.2 Å². The van der Waals surface area contributed by atoms with Crippen molar-refractivity contribution in [2.24, 2.45) is 0 Å². The van der Waals surface area contributed by atoms with E-state index in [4.69, 9.17) is 0 Å². The van der Waals surface area contributed by atoms with Crippen LogP contribution in [0.2, 0.25) is 0 Å². The topological polar surface area (TPSA) is 227 Å². The van der Waals surface area contributed by atoms with Crippen LogP contribution < -0.4 is 5.32 Å². The Balaban J connectivity index is 1.74. The monoisotopic (exact) mass is 640 g/mol. The van der Waals surface area contributed by atoms with Gasteiger partial charge in [0.15, 0.2) is 0 Å². The molecule has 1 aliphatic heterocycles. The third-order valence-electron chi connectivity index (χ3n) is 7.06. The Hall–Kier alpha value is -5.19. The number of benzene rings is 1. The molecule has 1 aromatic heterocycles. The molecule has 0 amide bonds. The minimum absolute atomic E-state index is 0.0413. The lowest BCUT2D eigenvalue weighted by Crippen LogP contribution is -2.45. The summed E-state index contributed by atoms with van der Waals surface area (Å²) in [6, 6.07) is 9.66. The van der Waals surface area contributed by atoms with Crippen molar-refractivity contribution in [1.82, 2.24) is 25.0 Å². The Morgan fingerprint density at radius 3 is 2.00 bits per heavy atom. The highest BCUT2D eigenvalue weighted by molar-refractivity contribution is 5.85. The highest BCUT2D eigenvalue weighted by atomic mass is 16.6. The van der Waals surface area contributed by atoms with Crippen molar-refractivity contribution >= 4 is 29.6 Å². The molecule has 1 unspecified atom stereocenters. The maximum absolute atomic E-state index is 11.7. The van der Waals surface area contributed by atoms with E-state index in [-0.39, 0.29) is 50.6 Å². The fraction of sp³-hybridized carbons (Fsp3) is 0.367. The van der Waals surface area contributed by atoms with E-state index in [2.05, 4.69) is 10.3 Å². The molecular weight excluding hydrogens is 604 g/mol. The van der Waals surface area contributed by atoms with Gasteiger partial charge in [0, 0.05) is 63.6 Å². The summed E-state index contributed by atoms with van der Waals surface area (Å²) in [6.07, 6.45) is 5.25. The predicted molar refractivity (Wildman–Crippen MR) is 163 cm³/mol. The Kier molecular flexibility index (Phi) is 13.3. The average molecular weight is 641 g/mol. The molecule has 0 spiro atoms. The molecule has 1 atom stereocenters. The second kappa shape index (κ2) is 17.3. The van der Waals surface area contributed by atoms with Crippen LogP contribution in [0.15, 0.2) is 66.4 Å². The highest BCUT2D eigenvalue weighted by Gasteiger charge is 2.21. The van der Waals surface area contributed by atoms with Crippen LogP contribution in [0.3, 0.4) is 0 Å². The Bertz CT molecular complexity index is 1460. The highest BCUT2D eigenvalue weighted by Crippen LogP contribution is 2.13. The Labute approximate surface area is 264 Å². The zero-order chi connectivity index (χ0) is 33.6. The van der Waals surface area contributed by atoms with E-state index in [0.29, 0.717) is 37.4 Å². The van der Waals surface area contributed by atoms with E-state index >= 15 is 0 Å². The second-order valence-electron chi connectivity index (χ2n) is 10.6. The largest absolute Gasteiger partial charge is 0.480 e. The van der Waals surface area contributed by atoms with E-state index < -0.39 is 34.8 Å². The zero-order valence-corrected chi connectivity index (χ0v) is 24.9. The van der Waals surface area contributed by atoms with Crippen molar-refractivity contribution in [1.29, 1.82) is 0 Å². The van der Waals surface area contributed by atoms with Crippen LogP contribution >= 0.6 is 0 Å². The fourth-order valence-electron chi connectivity index (χ4n) is 4.76. The third-order valence-corrected chi connectivity index (χ3v) is 7.06. The lowest BCUT2D eigenvalue weighted by molar-refractivity contribution is -0.384. The summed E-state index contributed by atoms with van der Waals surface area (Å²) >= 11 is 0. The van der Waals surface area contributed by atoms with Crippen molar-refractivity contribution in [3.63, 3.8) is 0 Å². The number of hydrogen-bond donors (Lipinski definition) is 5. The van der Waals surface area contributed by atoms with Crippen LogP contribution in [0.1, 0.15) is 21.7 Å². The summed E-state index contributed by atoms with van der Waals surface area (Å²) in [4.78, 5) is 66.0. The Morgan fingerprint density at radius 2 is 1.43 bits per heavy atom. The average Bonchev–Trinajstić information content (AvgIpc) is 3.00. The van der Waals surface area contributed by atoms with Crippen LogP contribution in [0, 0.1) is 10.1 Å². The van der Waals surface area contributed by atoms with Gasteiger partial charge in [-0.15, -0.1) is 0 Å². The van der Waals surface area contributed by atoms with Crippen LogP contribution in [0.25, 0.3) is 0 Å². The number of allylic oxidation sites excluding steroid dienone is 2. The minimum atomic E-state index is -1.20. The first-order valence-corrected chi connectivity index (χ1v) is 14.3. The molecule has 3 rings (SSSR count). The van der Waals surface area contributed by atoms with Crippen molar-refractivity contribution in [3.05, 3.63) is 93.5 Å². The van der Waals surface area contributed by atoms with Gasteiger partial charge in [0.05, 0.1) is 23.7 Å². The molecule has 1 aliphatic rings. The number of nitrogens with one attached hydrogen (secondary N) is 1. The van der Waals surface area contributed by atoms with Gasteiger partial charge in [-0.3, -0.25) is 29.5 Å². The lowest BCUT2D eigenvalue weighted by Gasteiger charge is -2.30. The SMILES string of the molecule is O=C(O)CN(CCN(CCc1ccc([N+](=O)[O-])cc1)CCN(CC(=O)O)Cc1cccc(C(=O)O)n1)CC1=CC=CC(C(=O)O)N1. The summed E-state index contributed by atoms with van der Waals surface area (Å²) in [5.74, 6) is -4.42. The molecule has 5 N–H and O–H groups in total. The maximum atomic E-state index is 11.7. The summed E-state index contributed by atoms with van der Waals surface area (Å²) in [6.45, 7) is 1.27. The van der Waals surface area contributed by atoms with E-state index in [1.165, 1.54) is 30.3 Å². The van der Waals surface area contributed by atoms with Crippen LogP contribution in [0.5, 0.6) is 0 Å². The number of aromatic carboxylic acids is 1. The van der Waals surface area contributed by atoms with Gasteiger partial charge in [0.1, 0.15) is 11.7 Å². The van der Waals surface area contributed by atoms with Crippen molar-refractivity contribution in [3.8, 4) is 0 Å². The number of non-ortho nitro benzene ring substituents is 1. The molecule has 0 fully saturated rings. The fourth-order valence-corrected chi connectivity index (χ4v) is 4.76. The first-order chi connectivity index (χ1) is 21.9. The number of pyridine rings is 1. The molecule has 46 heavy (non-hydrogen) atoms. The number of nitro benzene ring substituents is 1. The van der Waals surface area contributed by atoms with E-state index in [0.717, 1.165) is 5.56 Å². The molecule has 16 heteroatoms. The first-order valence-electron chi connectivity index (χ1n) is 14.3. The number of carboxylic acids is 4. The second-order valence-corrected chi connectivity index (χ2v) is 10.6. The molecule has 0 bridgehead atoms. The molecule has 2 aromatic rings. The molecule has 246 valence electrons. The van der Waals surface area contributed by atoms with Gasteiger partial charge in [0.25, 0.3) is 5.69 Å². The standard InChI is InChI=1S/C30H36N6O10/c37-27(38)19-34(17-22-3-1-5-25(31-22)29(41)42)15-13-33(12-11-21-7-9-24(10-8-21)36(45)46)14-16-35(20-28(39)40)18-23-4-2-6-26(32-23)30(43)44/h1-10,25,31H,11-20H2,(H,37,38)(H,39,40)(H,41,42)(H,43,44). The predicted octanol–water partition coefficient (Wildman–Crippen LogP) is 1.00. The molecule has 1 aromatic carbocycles. The summed E-state index contributed by atoms with van der Waals surface area (Å²) in [5.41, 5.74) is 1.55. The number of dihydropyridines is 1. The van der Waals surface area contributed by atoms with E-state index in [1.807, 2.05) is 4.90 Å². The number of hydrogen-bond acceptors (Lipinski definition) is 11. The molecule has 0 aliphatic carbocycles. The Morgan fingerprint density at radius 1 is 0.826 bits per heavy atom.